The van der Waals surface area contributed by atoms with Gasteiger partial charge in [0.05, 0.1) is 13.2 Å². The molecule has 0 aliphatic rings. The Kier molecular flexibility index (Phi) is 5.83. The summed E-state index contributed by atoms with van der Waals surface area (Å²) in [6.45, 7) is 5.25. The van der Waals surface area contributed by atoms with E-state index in [4.69, 9.17) is 4.74 Å². The fraction of sp³-hybridized carbons (Fsp3) is 0.333. The largest absolute Gasteiger partial charge is 0.496 e. The first-order chi connectivity index (χ1) is 10.2. The second kappa shape index (κ2) is 7.62. The maximum atomic E-state index is 5.57. The highest BCUT2D eigenvalue weighted by molar-refractivity contribution is 9.10. The molecule has 0 aliphatic carbocycles. The van der Waals surface area contributed by atoms with Crippen LogP contribution < -0.4 is 10.1 Å². The SMILES string of the molecule is CCCNC(c1ccccc1Br)c1cc(C)ccc1OC. The zero-order valence-electron chi connectivity index (χ0n) is 12.8. The van der Waals surface area contributed by atoms with Crippen molar-refractivity contribution in [3.05, 3.63) is 63.6 Å². The molecule has 3 heteroatoms. The average molecular weight is 348 g/mol. The Bertz CT molecular complexity index is 598. The van der Waals surface area contributed by atoms with Crippen LogP contribution in [0.1, 0.15) is 36.1 Å². The van der Waals surface area contributed by atoms with Crippen molar-refractivity contribution in [1.29, 1.82) is 0 Å². The van der Waals surface area contributed by atoms with Crippen LogP contribution in [0.4, 0.5) is 0 Å². The van der Waals surface area contributed by atoms with E-state index in [1.165, 1.54) is 16.7 Å². The smallest absolute Gasteiger partial charge is 0.124 e. The van der Waals surface area contributed by atoms with Crippen LogP contribution in [0.5, 0.6) is 5.75 Å². The summed E-state index contributed by atoms with van der Waals surface area (Å²) < 4.78 is 6.68. The van der Waals surface area contributed by atoms with Gasteiger partial charge < -0.3 is 10.1 Å². The van der Waals surface area contributed by atoms with E-state index in [0.29, 0.717) is 0 Å². The molecular formula is C18H22BrNO. The molecule has 2 nitrogen and oxygen atoms in total. The first kappa shape index (κ1) is 16.1. The standard InChI is InChI=1S/C18H22BrNO/c1-4-11-20-18(14-7-5-6-8-16(14)19)15-12-13(2)9-10-17(15)21-3/h5-10,12,18,20H,4,11H2,1-3H3. The highest BCUT2D eigenvalue weighted by Gasteiger charge is 2.19. The number of ether oxygens (including phenoxy) is 1. The molecule has 2 rings (SSSR count). The molecule has 0 aromatic heterocycles. The molecule has 1 N–H and O–H groups in total. The number of rotatable bonds is 6. The lowest BCUT2D eigenvalue weighted by molar-refractivity contribution is 0.403. The van der Waals surface area contributed by atoms with Gasteiger partial charge in [-0.2, -0.15) is 0 Å². The fourth-order valence-electron chi connectivity index (χ4n) is 2.46. The Morgan fingerprint density at radius 2 is 1.90 bits per heavy atom. The monoisotopic (exact) mass is 347 g/mol. The molecule has 0 saturated heterocycles. The zero-order chi connectivity index (χ0) is 15.2. The van der Waals surface area contributed by atoms with Crippen LogP contribution >= 0.6 is 15.9 Å². The van der Waals surface area contributed by atoms with Gasteiger partial charge in [0.15, 0.2) is 0 Å². The molecule has 112 valence electrons. The molecule has 2 aromatic rings. The maximum absolute atomic E-state index is 5.57. The van der Waals surface area contributed by atoms with Crippen LogP contribution in [0.2, 0.25) is 0 Å². The minimum atomic E-state index is 0.121. The minimum Gasteiger partial charge on any atom is -0.496 e. The first-order valence-electron chi connectivity index (χ1n) is 7.29. The second-order valence-corrected chi connectivity index (χ2v) is 6.01. The number of methoxy groups -OCH3 is 1. The van der Waals surface area contributed by atoms with Crippen LogP contribution in [0.15, 0.2) is 46.9 Å². The third kappa shape index (κ3) is 3.86. The van der Waals surface area contributed by atoms with Crippen LogP contribution in [0, 0.1) is 6.92 Å². The van der Waals surface area contributed by atoms with E-state index >= 15 is 0 Å². The van der Waals surface area contributed by atoms with Crippen LogP contribution in [-0.4, -0.2) is 13.7 Å². The van der Waals surface area contributed by atoms with Crippen molar-refractivity contribution in [2.24, 2.45) is 0 Å². The lowest BCUT2D eigenvalue weighted by Crippen LogP contribution is -2.24. The highest BCUT2D eigenvalue weighted by atomic mass is 79.9. The summed E-state index contributed by atoms with van der Waals surface area (Å²) in [5.74, 6) is 0.921. The number of benzene rings is 2. The lowest BCUT2D eigenvalue weighted by atomic mass is 9.96. The van der Waals surface area contributed by atoms with Gasteiger partial charge in [0, 0.05) is 10.0 Å². The van der Waals surface area contributed by atoms with Crippen molar-refractivity contribution in [2.75, 3.05) is 13.7 Å². The Hall–Kier alpha value is -1.32. The topological polar surface area (TPSA) is 21.3 Å². The van der Waals surface area contributed by atoms with Crippen molar-refractivity contribution >= 4 is 15.9 Å². The summed E-state index contributed by atoms with van der Waals surface area (Å²) in [5.41, 5.74) is 3.65. The zero-order valence-corrected chi connectivity index (χ0v) is 14.4. The Balaban J connectivity index is 2.50. The van der Waals surface area contributed by atoms with Gasteiger partial charge in [0.2, 0.25) is 0 Å². The third-order valence-corrected chi connectivity index (χ3v) is 4.23. The highest BCUT2D eigenvalue weighted by Crippen LogP contribution is 2.34. The molecule has 21 heavy (non-hydrogen) atoms. The van der Waals surface area contributed by atoms with Gasteiger partial charge in [0.25, 0.3) is 0 Å². The van der Waals surface area contributed by atoms with E-state index in [9.17, 15) is 0 Å². The molecule has 0 radical (unpaired) electrons. The van der Waals surface area contributed by atoms with Crippen molar-refractivity contribution in [3.8, 4) is 5.75 Å². The molecule has 0 fully saturated rings. The van der Waals surface area contributed by atoms with Crippen LogP contribution in [0.25, 0.3) is 0 Å². The maximum Gasteiger partial charge on any atom is 0.124 e. The summed E-state index contributed by atoms with van der Waals surface area (Å²) in [5, 5.41) is 3.63. The average Bonchev–Trinajstić information content (AvgIpc) is 2.49. The number of aryl methyl sites for hydroxylation is 1. The molecule has 1 unspecified atom stereocenters. The van der Waals surface area contributed by atoms with Crippen molar-refractivity contribution in [2.45, 2.75) is 26.3 Å². The van der Waals surface area contributed by atoms with E-state index in [-0.39, 0.29) is 6.04 Å². The number of halogens is 1. The van der Waals surface area contributed by atoms with Gasteiger partial charge in [-0.25, -0.2) is 0 Å². The van der Waals surface area contributed by atoms with Crippen molar-refractivity contribution in [1.82, 2.24) is 5.32 Å². The fourth-order valence-corrected chi connectivity index (χ4v) is 2.98. The quantitative estimate of drug-likeness (QED) is 0.805. The first-order valence-corrected chi connectivity index (χ1v) is 8.09. The van der Waals surface area contributed by atoms with E-state index in [0.717, 1.165) is 23.2 Å². The Morgan fingerprint density at radius 3 is 2.57 bits per heavy atom. The summed E-state index contributed by atoms with van der Waals surface area (Å²) in [4.78, 5) is 0. The molecule has 0 aliphatic heterocycles. The number of hydrogen-bond donors (Lipinski definition) is 1. The van der Waals surface area contributed by atoms with E-state index in [1.807, 2.05) is 12.1 Å². The summed E-state index contributed by atoms with van der Waals surface area (Å²) in [7, 11) is 1.73. The molecule has 0 heterocycles. The lowest BCUT2D eigenvalue weighted by Gasteiger charge is -2.23. The van der Waals surface area contributed by atoms with E-state index < -0.39 is 0 Å². The van der Waals surface area contributed by atoms with Gasteiger partial charge in [-0.3, -0.25) is 0 Å². The minimum absolute atomic E-state index is 0.121. The molecule has 0 bridgehead atoms. The Morgan fingerprint density at radius 1 is 1.14 bits per heavy atom. The van der Waals surface area contributed by atoms with Crippen molar-refractivity contribution < 1.29 is 4.74 Å². The van der Waals surface area contributed by atoms with E-state index in [1.54, 1.807) is 7.11 Å². The molecule has 0 amide bonds. The second-order valence-electron chi connectivity index (χ2n) is 5.15. The third-order valence-electron chi connectivity index (χ3n) is 3.51. The van der Waals surface area contributed by atoms with Crippen molar-refractivity contribution in [3.63, 3.8) is 0 Å². The molecule has 0 saturated carbocycles. The normalized spacial score (nSPS) is 12.2. The number of nitrogens with one attached hydrogen (secondary N) is 1. The summed E-state index contributed by atoms with van der Waals surface area (Å²) >= 11 is 3.67. The molecule has 0 spiro atoms. The predicted molar refractivity (Wildman–Crippen MR) is 92.0 cm³/mol. The molecular weight excluding hydrogens is 326 g/mol. The van der Waals surface area contributed by atoms with Gasteiger partial charge in [0.1, 0.15) is 5.75 Å². The molecule has 1 atom stereocenters. The number of hydrogen-bond acceptors (Lipinski definition) is 2. The van der Waals surface area contributed by atoms with Gasteiger partial charge >= 0.3 is 0 Å². The van der Waals surface area contributed by atoms with Gasteiger partial charge in [-0.1, -0.05) is 58.7 Å². The Labute approximate surface area is 135 Å². The summed E-state index contributed by atoms with van der Waals surface area (Å²) in [6, 6.07) is 14.8. The molecule has 2 aromatic carbocycles. The van der Waals surface area contributed by atoms with Crippen LogP contribution in [0.3, 0.4) is 0 Å². The predicted octanol–water partition coefficient (Wildman–Crippen LogP) is 4.86. The van der Waals surface area contributed by atoms with Crippen LogP contribution in [-0.2, 0) is 0 Å². The van der Waals surface area contributed by atoms with Gasteiger partial charge in [-0.15, -0.1) is 0 Å². The van der Waals surface area contributed by atoms with Gasteiger partial charge in [-0.05, 0) is 37.6 Å². The summed E-state index contributed by atoms with van der Waals surface area (Å²) in [6.07, 6.45) is 1.09. The van der Waals surface area contributed by atoms with E-state index in [2.05, 4.69) is 65.4 Å².